The molecule has 1 aromatic heterocycles. The van der Waals surface area contributed by atoms with Gasteiger partial charge in [-0.1, -0.05) is 32.9 Å². The number of benzene rings is 1. The van der Waals surface area contributed by atoms with E-state index in [0.29, 0.717) is 0 Å². The number of aryl methyl sites for hydroxylation is 1. The lowest BCUT2D eigenvalue weighted by Crippen LogP contribution is -2.19. The van der Waals surface area contributed by atoms with E-state index in [1.807, 2.05) is 23.9 Å². The minimum atomic E-state index is 0.0637. The molecule has 21 heavy (non-hydrogen) atoms. The lowest BCUT2D eigenvalue weighted by atomic mass is 9.89. The van der Waals surface area contributed by atoms with E-state index < -0.39 is 0 Å². The van der Waals surface area contributed by atoms with Gasteiger partial charge < -0.3 is 10.1 Å². The smallest absolute Gasteiger partial charge is 0.119 e. The lowest BCUT2D eigenvalue weighted by Gasteiger charge is -2.17. The summed E-state index contributed by atoms with van der Waals surface area (Å²) in [5, 5.41) is 8.08. The Kier molecular flexibility index (Phi) is 4.68. The minimum absolute atomic E-state index is 0.0637. The maximum atomic E-state index is 5.25. The highest BCUT2D eigenvalue weighted by Crippen LogP contribution is 2.24. The van der Waals surface area contributed by atoms with Crippen molar-refractivity contribution in [1.29, 1.82) is 0 Å². The molecule has 1 N–H and O–H groups in total. The van der Waals surface area contributed by atoms with Crippen molar-refractivity contribution in [2.24, 2.45) is 7.05 Å². The van der Waals surface area contributed by atoms with Gasteiger partial charge in [-0.3, -0.25) is 4.68 Å². The van der Waals surface area contributed by atoms with Gasteiger partial charge in [-0.25, -0.2) is 0 Å². The molecule has 0 aliphatic rings. The third-order valence-corrected chi connectivity index (χ3v) is 3.39. The summed E-state index contributed by atoms with van der Waals surface area (Å²) in [6.45, 7) is 8.22. The fourth-order valence-corrected chi connectivity index (χ4v) is 2.42. The van der Waals surface area contributed by atoms with Crippen LogP contribution < -0.4 is 10.1 Å². The molecule has 0 saturated heterocycles. The van der Waals surface area contributed by atoms with Gasteiger partial charge in [0, 0.05) is 37.3 Å². The van der Waals surface area contributed by atoms with Gasteiger partial charge in [0.1, 0.15) is 5.75 Å². The van der Waals surface area contributed by atoms with Gasteiger partial charge >= 0.3 is 0 Å². The molecule has 0 atom stereocenters. The minimum Gasteiger partial charge on any atom is -0.497 e. The first kappa shape index (κ1) is 15.6. The van der Waals surface area contributed by atoms with E-state index in [0.717, 1.165) is 24.5 Å². The maximum Gasteiger partial charge on any atom is 0.119 e. The maximum absolute atomic E-state index is 5.25. The van der Waals surface area contributed by atoms with Crippen LogP contribution in [0.1, 0.15) is 37.6 Å². The molecule has 0 aliphatic carbocycles. The second-order valence-electron chi connectivity index (χ2n) is 6.38. The fourth-order valence-electron chi connectivity index (χ4n) is 2.42. The van der Waals surface area contributed by atoms with Crippen LogP contribution in [0.4, 0.5) is 0 Å². The Hall–Kier alpha value is -1.81. The van der Waals surface area contributed by atoms with Gasteiger partial charge in [0.15, 0.2) is 0 Å². The van der Waals surface area contributed by atoms with E-state index >= 15 is 0 Å². The molecule has 0 amide bonds. The second kappa shape index (κ2) is 6.31. The molecule has 0 radical (unpaired) electrons. The van der Waals surface area contributed by atoms with Gasteiger partial charge in [-0.2, -0.15) is 5.10 Å². The van der Waals surface area contributed by atoms with Crippen LogP contribution in [-0.4, -0.2) is 16.9 Å². The average molecular weight is 287 g/mol. The fraction of sp³-hybridized carbons (Fsp3) is 0.471. The SMILES string of the molecule is COc1cccc(CNCc2cn(C)nc2C(C)(C)C)c1. The quantitative estimate of drug-likeness (QED) is 0.919. The van der Waals surface area contributed by atoms with Crippen molar-refractivity contribution >= 4 is 0 Å². The van der Waals surface area contributed by atoms with E-state index in [1.54, 1.807) is 7.11 Å². The van der Waals surface area contributed by atoms with Crippen molar-refractivity contribution in [3.63, 3.8) is 0 Å². The number of rotatable bonds is 5. The molecule has 0 saturated carbocycles. The standard InChI is InChI=1S/C17H25N3O/c1-17(2,3)16-14(12-20(4)19-16)11-18-10-13-7-6-8-15(9-13)21-5/h6-9,12,18H,10-11H2,1-5H3. The molecule has 1 aromatic carbocycles. The van der Waals surface area contributed by atoms with Crippen LogP contribution in [0.25, 0.3) is 0 Å². The van der Waals surface area contributed by atoms with Crippen LogP contribution >= 0.6 is 0 Å². The third-order valence-electron chi connectivity index (χ3n) is 3.39. The zero-order valence-electron chi connectivity index (χ0n) is 13.6. The summed E-state index contributed by atoms with van der Waals surface area (Å²) in [6.07, 6.45) is 2.10. The van der Waals surface area contributed by atoms with Crippen LogP contribution in [0.5, 0.6) is 5.75 Å². The van der Waals surface area contributed by atoms with Crippen molar-refractivity contribution in [3.05, 3.63) is 47.3 Å². The summed E-state index contributed by atoms with van der Waals surface area (Å²) in [7, 11) is 3.67. The first-order valence-corrected chi connectivity index (χ1v) is 7.27. The Morgan fingerprint density at radius 3 is 2.67 bits per heavy atom. The van der Waals surface area contributed by atoms with Gasteiger partial charge in [-0.05, 0) is 17.7 Å². The molecule has 0 bridgehead atoms. The largest absolute Gasteiger partial charge is 0.497 e. The summed E-state index contributed by atoms with van der Waals surface area (Å²) < 4.78 is 7.14. The van der Waals surface area contributed by atoms with E-state index in [2.05, 4.69) is 49.5 Å². The summed E-state index contributed by atoms with van der Waals surface area (Å²) in [5.41, 5.74) is 3.69. The number of ether oxygens (including phenoxy) is 1. The molecule has 114 valence electrons. The summed E-state index contributed by atoms with van der Waals surface area (Å²) >= 11 is 0. The normalized spacial score (nSPS) is 11.7. The number of hydrogen-bond donors (Lipinski definition) is 1. The third kappa shape index (κ3) is 4.08. The second-order valence-corrected chi connectivity index (χ2v) is 6.38. The summed E-state index contributed by atoms with van der Waals surface area (Å²) in [4.78, 5) is 0. The molecule has 0 aliphatic heterocycles. The highest BCUT2D eigenvalue weighted by atomic mass is 16.5. The Labute approximate surface area is 127 Å². The summed E-state index contributed by atoms with van der Waals surface area (Å²) in [5.74, 6) is 0.894. The van der Waals surface area contributed by atoms with Crippen molar-refractivity contribution in [2.45, 2.75) is 39.3 Å². The van der Waals surface area contributed by atoms with Crippen molar-refractivity contribution in [1.82, 2.24) is 15.1 Å². The monoisotopic (exact) mass is 287 g/mol. The highest BCUT2D eigenvalue weighted by Gasteiger charge is 2.21. The van der Waals surface area contributed by atoms with E-state index in [-0.39, 0.29) is 5.41 Å². The molecule has 1 heterocycles. The first-order valence-electron chi connectivity index (χ1n) is 7.27. The average Bonchev–Trinajstić information content (AvgIpc) is 2.80. The zero-order valence-corrected chi connectivity index (χ0v) is 13.6. The van der Waals surface area contributed by atoms with Gasteiger partial charge in [0.25, 0.3) is 0 Å². The molecule has 4 heteroatoms. The van der Waals surface area contributed by atoms with Crippen molar-refractivity contribution in [3.8, 4) is 5.75 Å². The summed E-state index contributed by atoms with van der Waals surface area (Å²) in [6, 6.07) is 8.13. The van der Waals surface area contributed by atoms with Crippen LogP contribution in [-0.2, 0) is 25.6 Å². The highest BCUT2D eigenvalue weighted by molar-refractivity contribution is 5.28. The Morgan fingerprint density at radius 1 is 1.24 bits per heavy atom. The molecule has 0 fully saturated rings. The number of nitrogens with one attached hydrogen (secondary N) is 1. The van der Waals surface area contributed by atoms with Crippen LogP contribution in [0, 0.1) is 0 Å². The zero-order chi connectivity index (χ0) is 15.5. The van der Waals surface area contributed by atoms with Crippen LogP contribution in [0.15, 0.2) is 30.5 Å². The number of aromatic nitrogens is 2. The van der Waals surface area contributed by atoms with Crippen molar-refractivity contribution in [2.75, 3.05) is 7.11 Å². The van der Waals surface area contributed by atoms with Crippen LogP contribution in [0.3, 0.4) is 0 Å². The molecular formula is C17H25N3O. The molecule has 4 nitrogen and oxygen atoms in total. The Bertz CT molecular complexity index is 596. The Balaban J connectivity index is 2.00. The van der Waals surface area contributed by atoms with Gasteiger partial charge in [0.05, 0.1) is 12.8 Å². The molecule has 2 rings (SSSR count). The first-order chi connectivity index (χ1) is 9.90. The number of methoxy groups -OCH3 is 1. The predicted octanol–water partition coefficient (Wildman–Crippen LogP) is 3.02. The Morgan fingerprint density at radius 2 is 2.00 bits per heavy atom. The van der Waals surface area contributed by atoms with Gasteiger partial charge in [-0.15, -0.1) is 0 Å². The molecule has 0 spiro atoms. The van der Waals surface area contributed by atoms with E-state index in [4.69, 9.17) is 4.74 Å². The molecular weight excluding hydrogens is 262 g/mol. The molecule has 0 unspecified atom stereocenters. The lowest BCUT2D eigenvalue weighted by molar-refractivity contribution is 0.414. The van der Waals surface area contributed by atoms with Gasteiger partial charge in [0.2, 0.25) is 0 Å². The molecule has 2 aromatic rings. The number of nitrogens with zero attached hydrogens (tertiary/aromatic N) is 2. The topological polar surface area (TPSA) is 39.1 Å². The van der Waals surface area contributed by atoms with E-state index in [1.165, 1.54) is 11.1 Å². The van der Waals surface area contributed by atoms with E-state index in [9.17, 15) is 0 Å². The number of hydrogen-bond acceptors (Lipinski definition) is 3. The van der Waals surface area contributed by atoms with Crippen LogP contribution in [0.2, 0.25) is 0 Å². The van der Waals surface area contributed by atoms with Crippen molar-refractivity contribution < 1.29 is 4.74 Å². The predicted molar refractivity (Wildman–Crippen MR) is 85.4 cm³/mol.